The molecule has 0 aliphatic heterocycles. The maximum Gasteiger partial charge on any atom is 0.120 e. The average molecular weight is 477 g/mol. The molecule has 4 rings (SSSR count). The molecule has 2 aliphatic carbocycles. The zero-order valence-corrected chi connectivity index (χ0v) is 22.4. The summed E-state index contributed by atoms with van der Waals surface area (Å²) >= 11 is 0. The number of nitrogens with zero attached hydrogens (tertiary/aromatic N) is 4. The van der Waals surface area contributed by atoms with Crippen molar-refractivity contribution in [2.75, 3.05) is 13.2 Å². The van der Waals surface area contributed by atoms with E-state index < -0.39 is 0 Å². The fraction of sp³-hybridized carbons (Fsp3) is 0.586. The molecule has 0 saturated carbocycles. The molecular formula is C29H40N4O2. The zero-order valence-electron chi connectivity index (χ0n) is 22.4. The summed E-state index contributed by atoms with van der Waals surface area (Å²) in [4.78, 5) is 21.2. The van der Waals surface area contributed by atoms with Crippen LogP contribution < -0.4 is 0 Å². The van der Waals surface area contributed by atoms with E-state index in [2.05, 4.69) is 51.9 Å². The van der Waals surface area contributed by atoms with Crippen molar-refractivity contribution in [3.63, 3.8) is 0 Å². The summed E-state index contributed by atoms with van der Waals surface area (Å²) < 4.78 is 0. The highest BCUT2D eigenvalue weighted by atomic mass is 16.6. The number of hydrogen-bond donors (Lipinski definition) is 0. The Hall–Kier alpha value is -2.76. The summed E-state index contributed by atoms with van der Waals surface area (Å²) in [6, 6.07) is 0. The first-order valence-electron chi connectivity index (χ1n) is 13.2. The first kappa shape index (κ1) is 25.3. The van der Waals surface area contributed by atoms with Gasteiger partial charge in [0.05, 0.1) is 11.4 Å². The first-order valence-corrected chi connectivity index (χ1v) is 13.2. The van der Waals surface area contributed by atoms with Gasteiger partial charge in [-0.15, -0.1) is 0 Å². The van der Waals surface area contributed by atoms with Crippen LogP contribution in [0.3, 0.4) is 0 Å². The molecule has 2 aromatic rings. The van der Waals surface area contributed by atoms with Gasteiger partial charge in [0.2, 0.25) is 0 Å². The maximum atomic E-state index is 5.72. The smallest absolute Gasteiger partial charge is 0.120 e. The average Bonchev–Trinajstić information content (AvgIpc) is 3.17. The summed E-state index contributed by atoms with van der Waals surface area (Å²) in [7, 11) is 0. The van der Waals surface area contributed by atoms with Crippen LogP contribution in [-0.2, 0) is 22.5 Å². The predicted octanol–water partition coefficient (Wildman–Crippen LogP) is 6.31. The van der Waals surface area contributed by atoms with Gasteiger partial charge in [-0.05, 0) is 126 Å². The van der Waals surface area contributed by atoms with Gasteiger partial charge in [0.1, 0.15) is 24.6 Å². The van der Waals surface area contributed by atoms with Crippen molar-refractivity contribution in [3.05, 3.63) is 56.2 Å². The molecule has 0 N–H and O–H groups in total. The molecule has 35 heavy (non-hydrogen) atoms. The summed E-state index contributed by atoms with van der Waals surface area (Å²) in [5.74, 6) is 0. The maximum absolute atomic E-state index is 5.72. The highest BCUT2D eigenvalue weighted by molar-refractivity contribution is 6.01. The predicted molar refractivity (Wildman–Crippen MR) is 142 cm³/mol. The van der Waals surface area contributed by atoms with Crippen molar-refractivity contribution in [2.45, 2.75) is 99.3 Å². The summed E-state index contributed by atoms with van der Waals surface area (Å²) in [5.41, 5.74) is 14.1. The van der Waals surface area contributed by atoms with E-state index in [-0.39, 0.29) is 0 Å². The number of hydrogen-bond acceptors (Lipinski definition) is 6. The van der Waals surface area contributed by atoms with Gasteiger partial charge in [0, 0.05) is 17.8 Å². The van der Waals surface area contributed by atoms with E-state index in [1.54, 1.807) is 0 Å². The Kier molecular flexibility index (Phi) is 8.19. The van der Waals surface area contributed by atoms with Gasteiger partial charge < -0.3 is 9.68 Å². The molecule has 0 atom stereocenters. The Balaban J connectivity index is 1.35. The Morgan fingerprint density at radius 1 is 0.571 bits per heavy atom. The molecule has 2 heterocycles. The van der Waals surface area contributed by atoms with Crippen molar-refractivity contribution in [2.24, 2.45) is 10.3 Å². The first-order chi connectivity index (χ1) is 16.9. The van der Waals surface area contributed by atoms with Gasteiger partial charge in [-0.25, -0.2) is 0 Å². The molecule has 0 amide bonds. The lowest BCUT2D eigenvalue weighted by atomic mass is 9.97. The molecule has 0 unspecified atom stereocenters. The van der Waals surface area contributed by atoms with Crippen LogP contribution >= 0.6 is 0 Å². The summed E-state index contributed by atoms with van der Waals surface area (Å²) in [5, 5.41) is 9.01. The molecule has 6 nitrogen and oxygen atoms in total. The number of rotatable bonds is 6. The fourth-order valence-corrected chi connectivity index (χ4v) is 5.12. The Morgan fingerprint density at radius 3 is 1.40 bits per heavy atom. The van der Waals surface area contributed by atoms with Crippen molar-refractivity contribution >= 4 is 11.4 Å². The molecule has 0 bridgehead atoms. The fourth-order valence-electron chi connectivity index (χ4n) is 5.12. The van der Waals surface area contributed by atoms with E-state index >= 15 is 0 Å². The van der Waals surface area contributed by atoms with Crippen molar-refractivity contribution in [1.29, 1.82) is 0 Å². The Morgan fingerprint density at radius 2 is 0.971 bits per heavy atom. The van der Waals surface area contributed by atoms with Crippen LogP contribution in [0, 0.1) is 41.5 Å². The van der Waals surface area contributed by atoms with Crippen molar-refractivity contribution in [1.82, 2.24) is 9.97 Å². The van der Waals surface area contributed by atoms with Crippen LogP contribution in [0.1, 0.15) is 101 Å². The Labute approximate surface area is 210 Å². The minimum atomic E-state index is 0.500. The lowest BCUT2D eigenvalue weighted by molar-refractivity contribution is 0.0896. The molecule has 0 aromatic carbocycles. The lowest BCUT2D eigenvalue weighted by Gasteiger charge is -2.15. The van der Waals surface area contributed by atoms with Gasteiger partial charge >= 0.3 is 0 Å². The minimum Gasteiger partial charge on any atom is -0.395 e. The standard InChI is InChI=1S/C29H40N4O2/c1-18-20(3)24-12-7-9-14-26(28(24)30-22(18)5)32-34-16-11-17-35-33-27-15-10-8-13-25-21(4)19(2)23(6)31-29(25)27/h7-17H2,1-6H3/b32-26+,33-27+. The number of aryl methyl sites for hydroxylation is 2. The molecule has 2 aromatic heterocycles. The largest absolute Gasteiger partial charge is 0.395 e. The second-order valence-electron chi connectivity index (χ2n) is 10.1. The van der Waals surface area contributed by atoms with Crippen LogP contribution in [0.15, 0.2) is 10.3 Å². The molecule has 2 aliphatic rings. The number of aromatic nitrogens is 2. The topological polar surface area (TPSA) is 69.0 Å². The van der Waals surface area contributed by atoms with Gasteiger partial charge in [-0.2, -0.15) is 0 Å². The monoisotopic (exact) mass is 476 g/mol. The highest BCUT2D eigenvalue weighted by Crippen LogP contribution is 2.27. The summed E-state index contributed by atoms with van der Waals surface area (Å²) in [6.45, 7) is 13.9. The number of pyridine rings is 2. The quantitative estimate of drug-likeness (QED) is 0.278. The molecule has 0 fully saturated rings. The van der Waals surface area contributed by atoms with E-state index in [4.69, 9.17) is 19.6 Å². The van der Waals surface area contributed by atoms with E-state index in [1.807, 2.05) is 0 Å². The van der Waals surface area contributed by atoms with E-state index in [9.17, 15) is 0 Å². The molecule has 0 spiro atoms. The lowest BCUT2D eigenvalue weighted by Crippen LogP contribution is -2.11. The Bertz CT molecular complexity index is 1060. The molecule has 6 heteroatoms. The molecule has 0 saturated heterocycles. The third-order valence-corrected chi connectivity index (χ3v) is 7.79. The van der Waals surface area contributed by atoms with Gasteiger partial charge in [0.15, 0.2) is 0 Å². The second kappa shape index (κ2) is 11.3. The van der Waals surface area contributed by atoms with E-state index in [0.717, 1.165) is 79.1 Å². The third-order valence-electron chi connectivity index (χ3n) is 7.79. The van der Waals surface area contributed by atoms with Gasteiger partial charge in [-0.3, -0.25) is 9.97 Å². The van der Waals surface area contributed by atoms with Crippen LogP contribution in [0.2, 0.25) is 0 Å². The summed E-state index contributed by atoms with van der Waals surface area (Å²) in [6.07, 6.45) is 9.26. The van der Waals surface area contributed by atoms with Crippen molar-refractivity contribution in [3.8, 4) is 0 Å². The minimum absolute atomic E-state index is 0.500. The normalized spacial score (nSPS) is 18.1. The van der Waals surface area contributed by atoms with E-state index in [1.165, 1.54) is 46.2 Å². The van der Waals surface area contributed by atoms with Crippen LogP contribution in [0.5, 0.6) is 0 Å². The van der Waals surface area contributed by atoms with E-state index in [0.29, 0.717) is 13.2 Å². The second-order valence-corrected chi connectivity index (χ2v) is 10.1. The molecule has 0 radical (unpaired) electrons. The van der Waals surface area contributed by atoms with Crippen molar-refractivity contribution < 1.29 is 9.68 Å². The van der Waals surface area contributed by atoms with Crippen LogP contribution in [0.4, 0.5) is 0 Å². The van der Waals surface area contributed by atoms with Gasteiger partial charge in [0.25, 0.3) is 0 Å². The van der Waals surface area contributed by atoms with Crippen LogP contribution in [-0.4, -0.2) is 34.6 Å². The third kappa shape index (κ3) is 5.57. The highest BCUT2D eigenvalue weighted by Gasteiger charge is 2.21. The van der Waals surface area contributed by atoms with Crippen LogP contribution in [0.25, 0.3) is 0 Å². The van der Waals surface area contributed by atoms with Gasteiger partial charge in [-0.1, -0.05) is 10.3 Å². The number of fused-ring (bicyclic) bond motifs is 2. The molecular weight excluding hydrogens is 436 g/mol. The number of oxime groups is 2. The SMILES string of the molecule is Cc1nc2c(c(C)c1C)CCCC/C2=N\OCCCO/N=C1\CCCCc2c1nc(C)c(C)c2C. The molecule has 188 valence electrons. The zero-order chi connectivity index (χ0) is 24.9.